The summed E-state index contributed by atoms with van der Waals surface area (Å²) >= 11 is 2.15. The molecule has 0 unspecified atom stereocenters. The molecule has 24 heavy (non-hydrogen) atoms. The molecule has 7 nitrogen and oxygen atoms in total. The minimum Gasteiger partial charge on any atom is -0.477 e. The van der Waals surface area contributed by atoms with Gasteiger partial charge >= 0.3 is 18.1 Å². The first-order chi connectivity index (χ1) is 11.2. The molecule has 2 aromatic rings. The summed E-state index contributed by atoms with van der Waals surface area (Å²) in [5, 5.41) is 16.6. The van der Waals surface area contributed by atoms with E-state index < -0.39 is 28.7 Å². The lowest BCUT2D eigenvalue weighted by molar-refractivity contribution is -0.142. The van der Waals surface area contributed by atoms with Crippen molar-refractivity contribution in [2.24, 2.45) is 0 Å². The Morgan fingerprint density at radius 1 is 1.25 bits per heavy atom. The van der Waals surface area contributed by atoms with Gasteiger partial charge in [-0.05, 0) is 18.7 Å². The van der Waals surface area contributed by atoms with Gasteiger partial charge in [0, 0.05) is 0 Å². The topological polar surface area (TPSA) is 102 Å². The summed E-state index contributed by atoms with van der Waals surface area (Å²) in [7, 11) is 0. The van der Waals surface area contributed by atoms with E-state index in [-0.39, 0.29) is 21.7 Å². The van der Waals surface area contributed by atoms with Gasteiger partial charge in [0.2, 0.25) is 0 Å². The smallest absolute Gasteiger partial charge is 0.435 e. The van der Waals surface area contributed by atoms with E-state index in [0.717, 1.165) is 23.1 Å². The number of esters is 1. The quantitative estimate of drug-likeness (QED) is 0.740. The highest BCUT2D eigenvalue weighted by molar-refractivity contribution is 8.02. The van der Waals surface area contributed by atoms with Crippen LogP contribution in [0.15, 0.2) is 8.68 Å². The molecule has 0 fully saturated rings. The lowest BCUT2D eigenvalue weighted by Crippen LogP contribution is -2.11. The zero-order valence-electron chi connectivity index (χ0n) is 11.8. The molecule has 0 spiro atoms. The van der Waals surface area contributed by atoms with Crippen LogP contribution < -0.4 is 0 Å². The van der Waals surface area contributed by atoms with Gasteiger partial charge in [0.05, 0.1) is 13.0 Å². The number of ether oxygens (including phenoxy) is 1. The first kappa shape index (κ1) is 18.6. The second kappa shape index (κ2) is 7.44. The Balaban J connectivity index is 2.16. The SMILES string of the molecule is CCOC(=O)Cc1nnc(Sc2nc(C(F)(F)F)c(C(=O)O)s2)s1. The van der Waals surface area contributed by atoms with Crippen LogP contribution in [0.1, 0.15) is 27.3 Å². The van der Waals surface area contributed by atoms with Crippen molar-refractivity contribution in [1.29, 1.82) is 0 Å². The summed E-state index contributed by atoms with van der Waals surface area (Å²) in [4.78, 5) is 24.7. The molecule has 0 atom stereocenters. The summed E-state index contributed by atoms with van der Waals surface area (Å²) in [5.74, 6) is -2.20. The van der Waals surface area contributed by atoms with Crippen LogP contribution in [0, 0.1) is 0 Å². The van der Waals surface area contributed by atoms with Crippen molar-refractivity contribution in [3.8, 4) is 0 Å². The zero-order valence-corrected chi connectivity index (χ0v) is 14.2. The molecule has 1 N–H and O–H groups in total. The summed E-state index contributed by atoms with van der Waals surface area (Å²) in [5.41, 5.74) is -1.45. The summed E-state index contributed by atoms with van der Waals surface area (Å²) in [6.45, 7) is 1.87. The molecule has 0 aliphatic carbocycles. The van der Waals surface area contributed by atoms with Crippen molar-refractivity contribution >= 4 is 46.4 Å². The molecular weight excluding hydrogens is 391 g/mol. The standard InChI is InChI=1S/C11H8F3N3O4S3/c1-2-21-5(18)3-4-16-17-10(22-4)24-9-15-7(11(12,13)14)6(23-9)8(19)20/h2-3H2,1H3,(H,19,20). The van der Waals surface area contributed by atoms with Crippen LogP contribution in [0.25, 0.3) is 0 Å². The molecular formula is C11H8F3N3O4S3. The predicted molar refractivity (Wildman–Crippen MR) is 78.4 cm³/mol. The van der Waals surface area contributed by atoms with E-state index in [9.17, 15) is 22.8 Å². The van der Waals surface area contributed by atoms with Gasteiger partial charge in [0.25, 0.3) is 0 Å². The fourth-order valence-electron chi connectivity index (χ4n) is 1.44. The zero-order chi connectivity index (χ0) is 17.9. The molecule has 0 bridgehead atoms. The average Bonchev–Trinajstić information content (AvgIpc) is 3.06. The van der Waals surface area contributed by atoms with Gasteiger partial charge in [0.15, 0.2) is 14.4 Å². The Bertz CT molecular complexity index is 759. The van der Waals surface area contributed by atoms with Crippen LogP contribution in [0.4, 0.5) is 13.2 Å². The van der Waals surface area contributed by atoms with E-state index in [0.29, 0.717) is 16.3 Å². The molecule has 0 amide bonds. The van der Waals surface area contributed by atoms with Crippen LogP contribution in [-0.4, -0.2) is 38.8 Å². The van der Waals surface area contributed by atoms with Gasteiger partial charge < -0.3 is 9.84 Å². The molecule has 0 saturated carbocycles. The second-order valence-corrected chi connectivity index (χ2v) is 7.56. The number of aromatic carboxylic acids is 1. The van der Waals surface area contributed by atoms with Gasteiger partial charge in [-0.2, -0.15) is 13.2 Å². The molecule has 0 saturated heterocycles. The van der Waals surface area contributed by atoms with E-state index in [1.54, 1.807) is 6.92 Å². The molecule has 13 heteroatoms. The number of hydrogen-bond acceptors (Lipinski definition) is 9. The van der Waals surface area contributed by atoms with Crippen LogP contribution in [0.3, 0.4) is 0 Å². The van der Waals surface area contributed by atoms with Gasteiger partial charge in [-0.1, -0.05) is 22.7 Å². The van der Waals surface area contributed by atoms with Gasteiger partial charge in [-0.3, -0.25) is 4.79 Å². The highest BCUT2D eigenvalue weighted by atomic mass is 32.2. The predicted octanol–water partition coefficient (Wildman–Crippen LogP) is 2.97. The van der Waals surface area contributed by atoms with Crippen LogP contribution in [0.2, 0.25) is 0 Å². The fraction of sp³-hybridized carbons (Fsp3) is 0.364. The Hall–Kier alpha value is -1.73. The number of carbonyl (C=O) groups is 2. The third-order valence-electron chi connectivity index (χ3n) is 2.29. The monoisotopic (exact) mass is 399 g/mol. The highest BCUT2D eigenvalue weighted by Crippen LogP contribution is 2.40. The van der Waals surface area contributed by atoms with Crippen molar-refractivity contribution < 1.29 is 32.6 Å². The van der Waals surface area contributed by atoms with Crippen LogP contribution >= 0.6 is 34.4 Å². The molecule has 0 aliphatic heterocycles. The maximum Gasteiger partial charge on any atom is 0.435 e. The van der Waals surface area contributed by atoms with E-state index in [4.69, 9.17) is 9.84 Å². The molecule has 2 rings (SSSR count). The Morgan fingerprint density at radius 2 is 1.96 bits per heavy atom. The molecule has 130 valence electrons. The summed E-state index contributed by atoms with van der Waals surface area (Å²) in [6, 6.07) is 0. The van der Waals surface area contributed by atoms with Crippen LogP contribution in [-0.2, 0) is 22.1 Å². The summed E-state index contributed by atoms with van der Waals surface area (Å²) in [6.07, 6.45) is -4.96. The normalized spacial score (nSPS) is 11.5. The van der Waals surface area contributed by atoms with Gasteiger partial charge in [-0.15, -0.1) is 10.2 Å². The summed E-state index contributed by atoms with van der Waals surface area (Å²) < 4.78 is 43.2. The highest BCUT2D eigenvalue weighted by Gasteiger charge is 2.40. The van der Waals surface area contributed by atoms with E-state index in [1.165, 1.54) is 0 Å². The maximum atomic E-state index is 12.8. The number of thiazole rings is 1. The third-order valence-corrected chi connectivity index (χ3v) is 5.37. The minimum absolute atomic E-state index is 0.0991. The number of carboxylic acid groups (broad SMARTS) is 1. The van der Waals surface area contributed by atoms with Crippen molar-refractivity contribution in [2.75, 3.05) is 6.61 Å². The molecule has 2 aromatic heterocycles. The molecule has 0 radical (unpaired) electrons. The van der Waals surface area contributed by atoms with Crippen molar-refractivity contribution in [2.45, 2.75) is 28.2 Å². The van der Waals surface area contributed by atoms with E-state index >= 15 is 0 Å². The third kappa shape index (κ3) is 4.64. The van der Waals surface area contributed by atoms with E-state index in [2.05, 4.69) is 15.2 Å². The van der Waals surface area contributed by atoms with E-state index in [1.807, 2.05) is 0 Å². The maximum absolute atomic E-state index is 12.8. The average molecular weight is 399 g/mol. The van der Waals surface area contributed by atoms with Crippen molar-refractivity contribution in [3.63, 3.8) is 0 Å². The number of alkyl halides is 3. The fourth-order valence-corrected chi connectivity index (χ4v) is 4.53. The lowest BCUT2D eigenvalue weighted by atomic mass is 10.3. The van der Waals surface area contributed by atoms with Gasteiger partial charge in [0.1, 0.15) is 9.88 Å². The van der Waals surface area contributed by atoms with Crippen LogP contribution in [0.5, 0.6) is 0 Å². The number of hydrogen-bond donors (Lipinski definition) is 1. The molecule has 0 aromatic carbocycles. The Labute approximate surface area is 144 Å². The number of aromatic nitrogens is 3. The minimum atomic E-state index is -4.86. The number of halogens is 3. The number of carboxylic acids is 1. The van der Waals surface area contributed by atoms with Gasteiger partial charge in [-0.25, -0.2) is 9.78 Å². The number of carbonyl (C=O) groups excluding carboxylic acids is 1. The Kier molecular flexibility index (Phi) is 5.77. The largest absolute Gasteiger partial charge is 0.477 e. The Morgan fingerprint density at radius 3 is 2.50 bits per heavy atom. The van der Waals surface area contributed by atoms with Crippen molar-refractivity contribution in [3.05, 3.63) is 15.6 Å². The molecule has 2 heterocycles. The number of nitrogens with zero attached hydrogens (tertiary/aromatic N) is 3. The lowest BCUT2D eigenvalue weighted by Gasteiger charge is -2.02. The number of rotatable bonds is 6. The van der Waals surface area contributed by atoms with Crippen molar-refractivity contribution in [1.82, 2.24) is 15.2 Å². The first-order valence-corrected chi connectivity index (χ1v) is 8.62. The second-order valence-electron chi connectivity index (χ2n) is 4.01. The first-order valence-electron chi connectivity index (χ1n) is 6.17. The molecule has 0 aliphatic rings.